The molecule has 23 heavy (non-hydrogen) atoms. The molecule has 1 heterocycles. The molecule has 0 aliphatic rings. The number of aliphatic carboxylic acids is 1. The Hall–Kier alpha value is -2.82. The summed E-state index contributed by atoms with van der Waals surface area (Å²) in [6, 6.07) is 11.0. The molecule has 1 aromatic carbocycles. The van der Waals surface area contributed by atoms with Gasteiger partial charge in [0.1, 0.15) is 0 Å². The minimum atomic E-state index is -0.992. The van der Waals surface area contributed by atoms with Gasteiger partial charge >= 0.3 is 5.97 Å². The van der Waals surface area contributed by atoms with E-state index in [1.54, 1.807) is 25.3 Å². The number of ether oxygens (including phenoxy) is 2. The van der Waals surface area contributed by atoms with Crippen LogP contribution in [0.15, 0.2) is 42.6 Å². The van der Waals surface area contributed by atoms with Crippen LogP contribution < -0.4 is 9.47 Å². The Balaban J connectivity index is 2.19. The summed E-state index contributed by atoms with van der Waals surface area (Å²) in [6.45, 7) is 1.76. The second-order valence-electron chi connectivity index (χ2n) is 4.85. The standard InChI is InChI=1S/C18H19NO4/c1-3-15(18(20)21)23-16-10-8-13(12-17(16)22-2)7-9-14-6-4-5-11-19-14/h4-12,15H,3H2,1-2H3,(H,20,21)/b9-7+. The smallest absolute Gasteiger partial charge is 0.344 e. The molecule has 120 valence electrons. The highest BCUT2D eigenvalue weighted by molar-refractivity contribution is 5.73. The lowest BCUT2D eigenvalue weighted by atomic mass is 10.1. The van der Waals surface area contributed by atoms with E-state index in [2.05, 4.69) is 4.98 Å². The normalized spacial score (nSPS) is 12.1. The molecular formula is C18H19NO4. The van der Waals surface area contributed by atoms with E-state index in [1.807, 2.05) is 36.4 Å². The maximum absolute atomic E-state index is 11.1. The maximum atomic E-state index is 11.1. The molecule has 2 rings (SSSR count). The summed E-state index contributed by atoms with van der Waals surface area (Å²) < 4.78 is 10.8. The summed E-state index contributed by atoms with van der Waals surface area (Å²) in [5.41, 5.74) is 1.76. The number of hydrogen-bond acceptors (Lipinski definition) is 4. The number of aromatic nitrogens is 1. The fourth-order valence-corrected chi connectivity index (χ4v) is 2.00. The van der Waals surface area contributed by atoms with Gasteiger partial charge in [0.2, 0.25) is 0 Å². The number of benzene rings is 1. The molecule has 0 aliphatic heterocycles. The lowest BCUT2D eigenvalue weighted by Gasteiger charge is -2.16. The first-order valence-electron chi connectivity index (χ1n) is 7.30. The maximum Gasteiger partial charge on any atom is 0.344 e. The lowest BCUT2D eigenvalue weighted by molar-refractivity contribution is -0.145. The molecule has 0 radical (unpaired) electrons. The summed E-state index contributed by atoms with van der Waals surface area (Å²) in [4.78, 5) is 15.3. The Morgan fingerprint density at radius 3 is 2.70 bits per heavy atom. The van der Waals surface area contributed by atoms with Crippen LogP contribution in [-0.4, -0.2) is 29.3 Å². The van der Waals surface area contributed by atoms with E-state index >= 15 is 0 Å². The predicted octanol–water partition coefficient (Wildman–Crippen LogP) is 3.50. The second-order valence-corrected chi connectivity index (χ2v) is 4.85. The highest BCUT2D eigenvalue weighted by Gasteiger charge is 2.18. The molecule has 0 bridgehead atoms. The molecule has 1 N–H and O–H groups in total. The van der Waals surface area contributed by atoms with Gasteiger partial charge in [0, 0.05) is 6.20 Å². The van der Waals surface area contributed by atoms with Crippen molar-refractivity contribution in [2.45, 2.75) is 19.4 Å². The monoisotopic (exact) mass is 313 g/mol. The minimum Gasteiger partial charge on any atom is -0.493 e. The number of rotatable bonds is 7. The van der Waals surface area contributed by atoms with Gasteiger partial charge < -0.3 is 14.6 Å². The number of carboxylic acid groups (broad SMARTS) is 1. The quantitative estimate of drug-likeness (QED) is 0.847. The minimum absolute atomic E-state index is 0.375. The van der Waals surface area contributed by atoms with Gasteiger partial charge in [0.25, 0.3) is 0 Å². The van der Waals surface area contributed by atoms with Crippen LogP contribution in [-0.2, 0) is 4.79 Å². The van der Waals surface area contributed by atoms with Crippen molar-refractivity contribution in [1.29, 1.82) is 0 Å². The van der Waals surface area contributed by atoms with Gasteiger partial charge in [0.15, 0.2) is 17.6 Å². The molecule has 1 atom stereocenters. The van der Waals surface area contributed by atoms with Gasteiger partial charge in [-0.25, -0.2) is 4.79 Å². The molecule has 5 heteroatoms. The molecule has 0 saturated carbocycles. The molecule has 1 unspecified atom stereocenters. The van der Waals surface area contributed by atoms with Crippen molar-refractivity contribution < 1.29 is 19.4 Å². The Labute approximate surface area is 135 Å². The molecule has 0 amide bonds. The van der Waals surface area contributed by atoms with Crippen LogP contribution in [0.2, 0.25) is 0 Å². The fraction of sp³-hybridized carbons (Fsp3) is 0.222. The molecule has 0 saturated heterocycles. The van der Waals surface area contributed by atoms with Gasteiger partial charge in [-0.05, 0) is 42.3 Å². The van der Waals surface area contributed by atoms with Crippen molar-refractivity contribution in [3.63, 3.8) is 0 Å². The van der Waals surface area contributed by atoms with Crippen molar-refractivity contribution in [1.82, 2.24) is 4.98 Å². The third-order valence-electron chi connectivity index (χ3n) is 3.24. The average Bonchev–Trinajstić information content (AvgIpc) is 2.58. The van der Waals surface area contributed by atoms with Crippen LogP contribution in [0, 0.1) is 0 Å². The molecule has 1 aromatic heterocycles. The number of nitrogens with zero attached hydrogens (tertiary/aromatic N) is 1. The van der Waals surface area contributed by atoms with Crippen LogP contribution in [0.3, 0.4) is 0 Å². The van der Waals surface area contributed by atoms with Crippen LogP contribution >= 0.6 is 0 Å². The summed E-state index contributed by atoms with van der Waals surface area (Å²) >= 11 is 0. The zero-order valence-corrected chi connectivity index (χ0v) is 13.1. The van der Waals surface area contributed by atoms with E-state index in [9.17, 15) is 4.79 Å². The van der Waals surface area contributed by atoms with Crippen LogP contribution in [0.4, 0.5) is 0 Å². The average molecular weight is 313 g/mol. The molecular weight excluding hydrogens is 294 g/mol. The zero-order chi connectivity index (χ0) is 16.7. The third kappa shape index (κ3) is 4.57. The van der Waals surface area contributed by atoms with Gasteiger partial charge in [-0.3, -0.25) is 4.98 Å². The number of carboxylic acids is 1. The summed E-state index contributed by atoms with van der Waals surface area (Å²) in [5.74, 6) is -0.0849. The fourth-order valence-electron chi connectivity index (χ4n) is 2.00. The van der Waals surface area contributed by atoms with Crippen LogP contribution in [0.25, 0.3) is 12.2 Å². The first-order valence-corrected chi connectivity index (χ1v) is 7.30. The number of methoxy groups -OCH3 is 1. The number of hydrogen-bond donors (Lipinski definition) is 1. The number of carbonyl (C=O) groups is 1. The van der Waals surface area contributed by atoms with E-state index < -0.39 is 12.1 Å². The van der Waals surface area contributed by atoms with Crippen LogP contribution in [0.5, 0.6) is 11.5 Å². The van der Waals surface area contributed by atoms with Gasteiger partial charge in [0.05, 0.1) is 12.8 Å². The van der Waals surface area contributed by atoms with Crippen molar-refractivity contribution in [2.75, 3.05) is 7.11 Å². The van der Waals surface area contributed by atoms with Gasteiger partial charge in [-0.15, -0.1) is 0 Å². The van der Waals surface area contributed by atoms with E-state index in [0.29, 0.717) is 17.9 Å². The first-order chi connectivity index (χ1) is 11.1. The van der Waals surface area contributed by atoms with Crippen LogP contribution in [0.1, 0.15) is 24.6 Å². The molecule has 0 fully saturated rings. The van der Waals surface area contributed by atoms with Crippen molar-refractivity contribution in [3.05, 3.63) is 53.9 Å². The summed E-state index contributed by atoms with van der Waals surface area (Å²) in [6.07, 6.45) is 5.01. The van der Waals surface area contributed by atoms with E-state index in [4.69, 9.17) is 14.6 Å². The van der Waals surface area contributed by atoms with E-state index in [-0.39, 0.29) is 0 Å². The highest BCUT2D eigenvalue weighted by Crippen LogP contribution is 2.30. The molecule has 2 aromatic rings. The summed E-state index contributed by atoms with van der Waals surface area (Å²) in [7, 11) is 1.52. The van der Waals surface area contributed by atoms with E-state index in [0.717, 1.165) is 11.3 Å². The Morgan fingerprint density at radius 2 is 2.09 bits per heavy atom. The Kier molecular flexibility index (Phi) is 5.74. The Morgan fingerprint density at radius 1 is 1.26 bits per heavy atom. The topological polar surface area (TPSA) is 68.7 Å². The molecule has 0 aliphatic carbocycles. The largest absolute Gasteiger partial charge is 0.493 e. The Bertz CT molecular complexity index is 683. The van der Waals surface area contributed by atoms with E-state index in [1.165, 1.54) is 7.11 Å². The predicted molar refractivity (Wildman–Crippen MR) is 88.5 cm³/mol. The summed E-state index contributed by atoms with van der Waals surface area (Å²) in [5, 5.41) is 9.08. The van der Waals surface area contributed by atoms with Crippen molar-refractivity contribution >= 4 is 18.1 Å². The third-order valence-corrected chi connectivity index (χ3v) is 3.24. The zero-order valence-electron chi connectivity index (χ0n) is 13.1. The van der Waals surface area contributed by atoms with Crippen molar-refractivity contribution in [3.8, 4) is 11.5 Å². The second kappa shape index (κ2) is 7.98. The molecule has 0 spiro atoms. The van der Waals surface area contributed by atoms with Crippen molar-refractivity contribution in [2.24, 2.45) is 0 Å². The molecule has 5 nitrogen and oxygen atoms in total. The van der Waals surface area contributed by atoms with Gasteiger partial charge in [-0.2, -0.15) is 0 Å². The van der Waals surface area contributed by atoms with Gasteiger partial charge in [-0.1, -0.05) is 25.1 Å². The number of pyridine rings is 1. The highest BCUT2D eigenvalue weighted by atomic mass is 16.5. The SMILES string of the molecule is CCC(Oc1ccc(/C=C/c2ccccn2)cc1OC)C(=O)O. The lowest BCUT2D eigenvalue weighted by Crippen LogP contribution is -2.26. The first kappa shape index (κ1) is 16.5.